The number of amides is 3. The maximum absolute atomic E-state index is 11.7. The van der Waals surface area contributed by atoms with Crippen LogP contribution in [0.3, 0.4) is 0 Å². The number of carbonyl (C=O) groups excluding carboxylic acids is 3. The van der Waals surface area contributed by atoms with Gasteiger partial charge in [0, 0.05) is 42.1 Å². The molecule has 6 fully saturated rings. The van der Waals surface area contributed by atoms with Crippen molar-refractivity contribution >= 4 is 29.5 Å². The lowest BCUT2D eigenvalue weighted by molar-refractivity contribution is -0.133. The van der Waals surface area contributed by atoms with Crippen LogP contribution in [0.4, 0.5) is 0 Å². The highest BCUT2D eigenvalue weighted by Crippen LogP contribution is 2.38. The highest BCUT2D eigenvalue weighted by Gasteiger charge is 2.47. The van der Waals surface area contributed by atoms with Crippen LogP contribution in [0.5, 0.6) is 0 Å². The quantitative estimate of drug-likeness (QED) is 0.518. The van der Waals surface area contributed by atoms with Gasteiger partial charge in [-0.2, -0.15) is 0 Å². The van der Waals surface area contributed by atoms with Crippen LogP contribution in [0.25, 0.3) is 0 Å². The fourth-order valence-electron chi connectivity index (χ4n) is 6.48. The second-order valence-electron chi connectivity index (χ2n) is 11.3. The topological polar surface area (TPSA) is 70.2 Å². The molecular weight excluding hydrogens is 450 g/mol. The zero-order valence-electron chi connectivity index (χ0n) is 21.7. The molecule has 0 aromatic rings. The molecule has 0 aromatic heterocycles. The van der Waals surface area contributed by atoms with Crippen molar-refractivity contribution in [3.63, 3.8) is 0 Å². The van der Waals surface area contributed by atoms with E-state index >= 15 is 0 Å². The van der Waals surface area contributed by atoms with Crippen molar-refractivity contribution in [3.05, 3.63) is 0 Å². The van der Waals surface area contributed by atoms with Gasteiger partial charge in [0.15, 0.2) is 0 Å². The predicted octanol–water partition coefficient (Wildman–Crippen LogP) is 3.28. The van der Waals surface area contributed by atoms with Gasteiger partial charge in [-0.15, -0.1) is 11.8 Å². The number of carbonyl (C=O) groups is 3. The Kier molecular flexibility index (Phi) is 7.87. The predicted molar refractivity (Wildman–Crippen MR) is 134 cm³/mol. The minimum absolute atomic E-state index is 0.198. The van der Waals surface area contributed by atoms with E-state index in [1.54, 1.807) is 0 Å². The van der Waals surface area contributed by atoms with Crippen molar-refractivity contribution in [2.24, 2.45) is 35.5 Å². The van der Waals surface area contributed by atoms with Gasteiger partial charge in [-0.25, -0.2) is 0 Å². The Morgan fingerprint density at radius 1 is 0.706 bits per heavy atom. The number of nitrogens with zero attached hydrogens (tertiary/aromatic N) is 3. The molecular formula is C26H43N3O4S. The smallest absolute Gasteiger partial charge is 0.227 e. The maximum atomic E-state index is 11.7. The Morgan fingerprint density at radius 3 is 1.85 bits per heavy atom. The standard InChI is InChI=1S/C10H17NO.C8H13NO2.C8H13NOS/c1-7-8(2)10(12)11-6-4-3-5-9(7)11;2*1-5-6(2)8(10)9-4-11-3-7(5)9/h7-9H,3-6H2,1-2H3;2*5-7H,3-4H2,1-2H3/t7?,8?,9-;2*5?,6?,7-/m000/s1. The number of hydrogen-bond donors (Lipinski definition) is 0. The fourth-order valence-corrected chi connectivity index (χ4v) is 7.82. The number of rotatable bonds is 0. The summed E-state index contributed by atoms with van der Waals surface area (Å²) in [4.78, 5) is 40.6. The Morgan fingerprint density at radius 2 is 1.26 bits per heavy atom. The third kappa shape index (κ3) is 4.49. The fraction of sp³-hybridized carbons (Fsp3) is 0.885. The van der Waals surface area contributed by atoms with Crippen molar-refractivity contribution in [2.75, 3.05) is 31.5 Å². The molecule has 6 aliphatic rings. The van der Waals surface area contributed by atoms with Gasteiger partial charge in [0.05, 0.1) is 18.5 Å². The highest BCUT2D eigenvalue weighted by molar-refractivity contribution is 7.99. The number of ether oxygens (including phenoxy) is 1. The van der Waals surface area contributed by atoms with Crippen LogP contribution in [0.1, 0.15) is 60.8 Å². The zero-order chi connectivity index (χ0) is 24.7. The SMILES string of the molecule is CC1C(=O)N2CCCC[C@H]2C1C.CC1C(=O)N2COC[C@H]2C1C.CC1C(=O)N2CSC[C@H]2C1C. The van der Waals surface area contributed by atoms with E-state index in [-0.39, 0.29) is 23.7 Å². The number of thioether (sulfide) groups is 1. The van der Waals surface area contributed by atoms with Gasteiger partial charge in [0.1, 0.15) is 6.73 Å². The first-order valence-corrected chi connectivity index (χ1v) is 14.4. The van der Waals surface area contributed by atoms with E-state index in [0.29, 0.717) is 54.4 Å². The monoisotopic (exact) mass is 493 g/mol. The molecule has 192 valence electrons. The largest absolute Gasteiger partial charge is 0.359 e. The Hall–Kier alpha value is -1.28. The minimum atomic E-state index is 0.198. The van der Waals surface area contributed by atoms with Crippen LogP contribution in [-0.4, -0.2) is 82.1 Å². The summed E-state index contributed by atoms with van der Waals surface area (Å²) in [6.07, 6.45) is 3.75. The van der Waals surface area contributed by atoms with Gasteiger partial charge < -0.3 is 19.4 Å². The highest BCUT2D eigenvalue weighted by atomic mass is 32.2. The summed E-state index contributed by atoms with van der Waals surface area (Å²) in [7, 11) is 0. The van der Waals surface area contributed by atoms with Crippen LogP contribution in [-0.2, 0) is 19.1 Å². The van der Waals surface area contributed by atoms with E-state index < -0.39 is 0 Å². The molecule has 6 unspecified atom stereocenters. The van der Waals surface area contributed by atoms with Gasteiger partial charge in [-0.3, -0.25) is 14.4 Å². The first-order chi connectivity index (χ1) is 16.1. The summed E-state index contributed by atoms with van der Waals surface area (Å²) in [5, 5.41) is 0. The summed E-state index contributed by atoms with van der Waals surface area (Å²) in [6.45, 7) is 14.9. The van der Waals surface area contributed by atoms with Crippen LogP contribution in [0.15, 0.2) is 0 Å². The van der Waals surface area contributed by atoms with Gasteiger partial charge >= 0.3 is 0 Å². The molecule has 6 rings (SSSR count). The van der Waals surface area contributed by atoms with Gasteiger partial charge in [0.2, 0.25) is 17.7 Å². The molecule has 6 saturated heterocycles. The first kappa shape index (κ1) is 25.8. The molecule has 7 nitrogen and oxygen atoms in total. The molecule has 6 aliphatic heterocycles. The second kappa shape index (κ2) is 10.4. The van der Waals surface area contributed by atoms with E-state index in [4.69, 9.17) is 4.74 Å². The summed E-state index contributed by atoms with van der Waals surface area (Å²) >= 11 is 1.88. The van der Waals surface area contributed by atoms with E-state index in [2.05, 4.69) is 39.5 Å². The van der Waals surface area contributed by atoms with Gasteiger partial charge in [0.25, 0.3) is 0 Å². The van der Waals surface area contributed by atoms with E-state index in [1.807, 2.05) is 28.5 Å². The van der Waals surface area contributed by atoms with Crippen molar-refractivity contribution in [1.82, 2.24) is 14.7 Å². The normalized spacial score (nSPS) is 42.7. The zero-order valence-corrected chi connectivity index (χ0v) is 22.6. The van der Waals surface area contributed by atoms with Crippen molar-refractivity contribution in [3.8, 4) is 0 Å². The molecule has 0 spiro atoms. The molecule has 3 amide bonds. The van der Waals surface area contributed by atoms with Gasteiger partial charge in [-0.05, 0) is 37.0 Å². The minimum Gasteiger partial charge on any atom is -0.359 e. The van der Waals surface area contributed by atoms with Crippen molar-refractivity contribution in [2.45, 2.75) is 78.9 Å². The molecule has 0 N–H and O–H groups in total. The van der Waals surface area contributed by atoms with E-state index in [0.717, 1.165) is 24.8 Å². The molecule has 0 aliphatic carbocycles. The first-order valence-electron chi connectivity index (χ1n) is 13.2. The Labute approximate surface area is 209 Å². The number of fused-ring (bicyclic) bond motifs is 3. The lowest BCUT2D eigenvalue weighted by Crippen LogP contribution is -2.38. The molecule has 0 aromatic carbocycles. The lowest BCUT2D eigenvalue weighted by Gasteiger charge is -2.31. The summed E-state index contributed by atoms with van der Waals surface area (Å²) in [6, 6.07) is 1.47. The third-order valence-corrected chi connectivity index (χ3v) is 10.6. The van der Waals surface area contributed by atoms with Gasteiger partial charge in [-0.1, -0.05) is 41.5 Å². The van der Waals surface area contributed by atoms with Crippen molar-refractivity contribution < 1.29 is 19.1 Å². The summed E-state index contributed by atoms with van der Waals surface area (Å²) in [5.74, 6) is 5.45. The van der Waals surface area contributed by atoms with Crippen LogP contribution < -0.4 is 0 Å². The summed E-state index contributed by atoms with van der Waals surface area (Å²) < 4.78 is 5.21. The van der Waals surface area contributed by atoms with Crippen LogP contribution in [0.2, 0.25) is 0 Å². The molecule has 0 bridgehead atoms. The molecule has 9 atom stereocenters. The van der Waals surface area contributed by atoms with Crippen molar-refractivity contribution in [1.29, 1.82) is 0 Å². The Bertz CT molecular complexity index is 752. The molecule has 8 heteroatoms. The average molecular weight is 494 g/mol. The lowest BCUT2D eigenvalue weighted by atomic mass is 9.90. The second-order valence-corrected chi connectivity index (χ2v) is 12.3. The van der Waals surface area contributed by atoms with Crippen LogP contribution >= 0.6 is 11.8 Å². The molecule has 6 heterocycles. The molecule has 0 saturated carbocycles. The number of hydrogen-bond acceptors (Lipinski definition) is 5. The average Bonchev–Trinajstić information content (AvgIpc) is 3.64. The van der Waals surface area contributed by atoms with E-state index in [1.165, 1.54) is 19.3 Å². The molecule has 34 heavy (non-hydrogen) atoms. The Balaban J connectivity index is 0.000000121. The third-order valence-electron chi connectivity index (χ3n) is 9.59. The van der Waals surface area contributed by atoms with Crippen LogP contribution in [0, 0.1) is 35.5 Å². The summed E-state index contributed by atoms with van der Waals surface area (Å²) in [5.41, 5.74) is 0. The molecule has 0 radical (unpaired) electrons. The maximum Gasteiger partial charge on any atom is 0.227 e. The van der Waals surface area contributed by atoms with E-state index in [9.17, 15) is 14.4 Å². The number of piperidine rings is 1.